The molecule has 0 atom stereocenters. The number of hydrogen-bond acceptors (Lipinski definition) is 1. The van der Waals surface area contributed by atoms with E-state index >= 15 is 0 Å². The molecule has 1 aromatic carbocycles. The average Bonchev–Trinajstić information content (AvgIpc) is 2.35. The zero-order chi connectivity index (χ0) is 12.6. The summed E-state index contributed by atoms with van der Waals surface area (Å²) in [5.41, 5.74) is 2.41. The SMILES string of the molecule is C[Si](C)(/C=C/CCCCC#N)c1ccccc1. The molecule has 0 saturated carbocycles. The van der Waals surface area contributed by atoms with E-state index in [1.165, 1.54) is 5.19 Å². The van der Waals surface area contributed by atoms with Crippen molar-refractivity contribution in [3.63, 3.8) is 0 Å². The molecular formula is C15H21NSi. The second-order valence-corrected chi connectivity index (χ2v) is 9.25. The maximum atomic E-state index is 8.44. The van der Waals surface area contributed by atoms with Crippen molar-refractivity contribution >= 4 is 13.3 Å². The molecule has 0 aliphatic heterocycles. The molecule has 0 spiro atoms. The Morgan fingerprint density at radius 3 is 2.53 bits per heavy atom. The van der Waals surface area contributed by atoms with Crippen molar-refractivity contribution in [2.45, 2.75) is 38.8 Å². The van der Waals surface area contributed by atoms with E-state index in [-0.39, 0.29) is 0 Å². The maximum absolute atomic E-state index is 8.44. The van der Waals surface area contributed by atoms with Crippen LogP contribution in [-0.2, 0) is 0 Å². The standard InChI is InChI=1S/C15H21NSi/c1-17(2,15-11-7-6-8-12-15)14-10-5-3-4-9-13-16/h6-8,10-12,14H,3-5,9H2,1-2H3/b14-10+. The lowest BCUT2D eigenvalue weighted by Gasteiger charge is -2.18. The molecule has 2 heteroatoms. The molecule has 0 fully saturated rings. The van der Waals surface area contributed by atoms with Gasteiger partial charge in [0.2, 0.25) is 0 Å². The number of allylic oxidation sites excluding steroid dienone is 1. The van der Waals surface area contributed by atoms with E-state index in [4.69, 9.17) is 5.26 Å². The van der Waals surface area contributed by atoms with Crippen LogP contribution in [0.25, 0.3) is 0 Å². The first kappa shape index (κ1) is 13.7. The van der Waals surface area contributed by atoms with Gasteiger partial charge in [-0.2, -0.15) is 5.26 Å². The Balaban J connectivity index is 2.44. The summed E-state index contributed by atoms with van der Waals surface area (Å²) in [4.78, 5) is 0. The van der Waals surface area contributed by atoms with E-state index in [0.29, 0.717) is 6.42 Å². The normalized spacial score (nSPS) is 11.6. The topological polar surface area (TPSA) is 23.8 Å². The highest BCUT2D eigenvalue weighted by Gasteiger charge is 2.18. The summed E-state index contributed by atoms with van der Waals surface area (Å²) in [5.74, 6) is 0. The van der Waals surface area contributed by atoms with Crippen LogP contribution in [0.15, 0.2) is 42.1 Å². The first-order chi connectivity index (χ1) is 8.17. The van der Waals surface area contributed by atoms with Gasteiger partial charge < -0.3 is 0 Å². The van der Waals surface area contributed by atoms with Gasteiger partial charge in [-0.15, -0.1) is 0 Å². The molecule has 0 aliphatic rings. The Morgan fingerprint density at radius 1 is 1.18 bits per heavy atom. The van der Waals surface area contributed by atoms with Gasteiger partial charge in [-0.05, 0) is 19.3 Å². The van der Waals surface area contributed by atoms with E-state index in [2.05, 4.69) is 61.3 Å². The van der Waals surface area contributed by atoms with Crippen LogP contribution in [0.1, 0.15) is 25.7 Å². The van der Waals surface area contributed by atoms with E-state index < -0.39 is 8.07 Å². The fraction of sp³-hybridized carbons (Fsp3) is 0.400. The van der Waals surface area contributed by atoms with Crippen LogP contribution in [-0.4, -0.2) is 8.07 Å². The van der Waals surface area contributed by atoms with Crippen molar-refractivity contribution in [1.29, 1.82) is 5.26 Å². The van der Waals surface area contributed by atoms with Gasteiger partial charge in [-0.25, -0.2) is 0 Å². The van der Waals surface area contributed by atoms with Crippen LogP contribution in [0, 0.1) is 11.3 Å². The number of unbranched alkanes of at least 4 members (excludes halogenated alkanes) is 3. The monoisotopic (exact) mass is 243 g/mol. The number of hydrogen-bond donors (Lipinski definition) is 0. The zero-order valence-electron chi connectivity index (χ0n) is 10.8. The second-order valence-electron chi connectivity index (χ2n) is 4.89. The lowest BCUT2D eigenvalue weighted by Crippen LogP contribution is -2.39. The quantitative estimate of drug-likeness (QED) is 0.551. The Kier molecular flexibility index (Phi) is 5.72. The highest BCUT2D eigenvalue weighted by molar-refractivity contribution is 6.93. The third-order valence-corrected chi connectivity index (χ3v) is 5.85. The highest BCUT2D eigenvalue weighted by atomic mass is 28.3. The molecule has 0 amide bonds. The Hall–Kier alpha value is -1.33. The lowest BCUT2D eigenvalue weighted by molar-refractivity contribution is 0.768. The molecule has 0 aliphatic carbocycles. The summed E-state index contributed by atoms with van der Waals surface area (Å²) >= 11 is 0. The number of nitrogens with zero attached hydrogens (tertiary/aromatic N) is 1. The summed E-state index contributed by atoms with van der Waals surface area (Å²) in [5, 5.41) is 9.92. The first-order valence-corrected chi connectivity index (χ1v) is 9.35. The number of rotatable bonds is 6. The Bertz CT molecular complexity index is 387. The number of nitriles is 1. The van der Waals surface area contributed by atoms with Gasteiger partial charge >= 0.3 is 0 Å². The van der Waals surface area contributed by atoms with Crippen LogP contribution < -0.4 is 5.19 Å². The predicted molar refractivity (Wildman–Crippen MR) is 76.8 cm³/mol. The van der Waals surface area contributed by atoms with Crippen molar-refractivity contribution < 1.29 is 0 Å². The molecular weight excluding hydrogens is 222 g/mol. The van der Waals surface area contributed by atoms with Gasteiger partial charge in [0.25, 0.3) is 0 Å². The fourth-order valence-corrected chi connectivity index (χ4v) is 3.81. The minimum absolute atomic E-state index is 0.688. The summed E-state index contributed by atoms with van der Waals surface area (Å²) in [6.07, 6.45) is 6.24. The molecule has 1 rings (SSSR count). The van der Waals surface area contributed by atoms with Crippen molar-refractivity contribution in [3.05, 3.63) is 42.1 Å². The van der Waals surface area contributed by atoms with E-state index in [1.54, 1.807) is 0 Å². The van der Waals surface area contributed by atoms with Crippen LogP contribution >= 0.6 is 0 Å². The van der Waals surface area contributed by atoms with Crippen LogP contribution in [0.5, 0.6) is 0 Å². The molecule has 0 unspecified atom stereocenters. The van der Waals surface area contributed by atoms with Gasteiger partial charge in [-0.3, -0.25) is 0 Å². The van der Waals surface area contributed by atoms with Gasteiger partial charge in [0.1, 0.15) is 8.07 Å². The molecule has 0 N–H and O–H groups in total. The fourth-order valence-electron chi connectivity index (χ4n) is 1.81. The van der Waals surface area contributed by atoms with Gasteiger partial charge in [0, 0.05) is 6.42 Å². The van der Waals surface area contributed by atoms with E-state index in [1.807, 2.05) is 0 Å². The second kappa shape index (κ2) is 7.08. The Labute approximate surface area is 106 Å². The lowest BCUT2D eigenvalue weighted by atomic mass is 10.2. The molecule has 0 bridgehead atoms. The first-order valence-electron chi connectivity index (χ1n) is 6.27. The molecule has 1 aromatic rings. The Morgan fingerprint density at radius 2 is 1.88 bits per heavy atom. The molecule has 90 valence electrons. The average molecular weight is 243 g/mol. The molecule has 0 saturated heterocycles. The van der Waals surface area contributed by atoms with Crippen molar-refractivity contribution in [2.24, 2.45) is 0 Å². The summed E-state index contributed by atoms with van der Waals surface area (Å²) < 4.78 is 0. The third-order valence-electron chi connectivity index (χ3n) is 2.96. The minimum Gasteiger partial charge on any atom is -0.198 e. The largest absolute Gasteiger partial charge is 0.198 e. The highest BCUT2D eigenvalue weighted by Crippen LogP contribution is 2.07. The van der Waals surface area contributed by atoms with Crippen molar-refractivity contribution in [1.82, 2.24) is 0 Å². The number of benzene rings is 1. The van der Waals surface area contributed by atoms with E-state index in [0.717, 1.165) is 19.3 Å². The zero-order valence-corrected chi connectivity index (χ0v) is 11.8. The van der Waals surface area contributed by atoms with Gasteiger partial charge in [0.15, 0.2) is 0 Å². The summed E-state index contributed by atoms with van der Waals surface area (Å²) in [6.45, 7) is 4.74. The van der Waals surface area contributed by atoms with Gasteiger partial charge in [-0.1, -0.05) is 60.4 Å². The van der Waals surface area contributed by atoms with Crippen LogP contribution in [0.2, 0.25) is 13.1 Å². The van der Waals surface area contributed by atoms with Crippen LogP contribution in [0.3, 0.4) is 0 Å². The molecule has 0 radical (unpaired) electrons. The predicted octanol–water partition coefficient (Wildman–Crippen LogP) is 3.78. The summed E-state index contributed by atoms with van der Waals surface area (Å²) in [7, 11) is -1.39. The van der Waals surface area contributed by atoms with E-state index in [9.17, 15) is 0 Å². The summed E-state index contributed by atoms with van der Waals surface area (Å²) in [6, 6.07) is 12.9. The maximum Gasteiger partial charge on any atom is 0.103 e. The molecule has 0 heterocycles. The van der Waals surface area contributed by atoms with Gasteiger partial charge in [0.05, 0.1) is 6.07 Å². The van der Waals surface area contributed by atoms with Crippen molar-refractivity contribution in [2.75, 3.05) is 0 Å². The molecule has 0 aromatic heterocycles. The minimum atomic E-state index is -1.39. The molecule has 1 nitrogen and oxygen atoms in total. The van der Waals surface area contributed by atoms with Crippen LogP contribution in [0.4, 0.5) is 0 Å². The third kappa shape index (κ3) is 5.01. The molecule has 17 heavy (non-hydrogen) atoms. The van der Waals surface area contributed by atoms with Crippen molar-refractivity contribution in [3.8, 4) is 6.07 Å². The smallest absolute Gasteiger partial charge is 0.103 e.